The van der Waals surface area contributed by atoms with Gasteiger partial charge in [0.05, 0.1) is 17.9 Å². The molecule has 2 atom stereocenters. The number of amidine groups is 1. The molecule has 2 heterocycles. The van der Waals surface area contributed by atoms with E-state index in [4.69, 9.17) is 32.9 Å². The van der Waals surface area contributed by atoms with Crippen molar-refractivity contribution < 1.29 is 17.9 Å². The number of ether oxygens (including phenoxy) is 1. The van der Waals surface area contributed by atoms with E-state index in [9.17, 15) is 8.42 Å². The molecule has 0 aromatic heterocycles. The number of benzene rings is 3. The summed E-state index contributed by atoms with van der Waals surface area (Å²) < 4.78 is 29.8. The standard InChI is InChI=1S/C39H50Cl2N4O4S/c1-7-38(30-12-16-32(40)17-13-30)39(8-2,31-14-18-33(41)19-15-31)45(36(42-38)34-20-11-29(28(4)5)27-35(34)49-9-3)37(46)44-24-22-43(23-25-44)21-10-26-50(6,47)48/h11-20,27-28H,7-10,21-26H2,1-6H3/t38-,39+/m0/s1. The third-order valence-corrected chi connectivity index (χ3v) is 11.8. The summed E-state index contributed by atoms with van der Waals surface area (Å²) in [5.74, 6) is 1.70. The molecule has 0 radical (unpaired) electrons. The Kier molecular flexibility index (Phi) is 11.9. The molecule has 270 valence electrons. The Balaban J connectivity index is 1.70. The van der Waals surface area contributed by atoms with Crippen LogP contribution in [0, 0.1) is 0 Å². The van der Waals surface area contributed by atoms with Crippen LogP contribution < -0.4 is 4.74 Å². The van der Waals surface area contributed by atoms with Gasteiger partial charge in [0.1, 0.15) is 32.5 Å². The van der Waals surface area contributed by atoms with E-state index in [0.717, 1.165) is 22.3 Å². The summed E-state index contributed by atoms with van der Waals surface area (Å²) in [5.41, 5.74) is 1.96. The fourth-order valence-electron chi connectivity index (χ4n) is 7.69. The van der Waals surface area contributed by atoms with Crippen molar-refractivity contribution in [2.24, 2.45) is 4.99 Å². The lowest BCUT2D eigenvalue weighted by Crippen LogP contribution is -2.62. The van der Waals surface area contributed by atoms with E-state index in [1.54, 1.807) is 0 Å². The number of nitrogens with zero attached hydrogens (tertiary/aromatic N) is 4. The smallest absolute Gasteiger partial charge is 0.326 e. The predicted octanol–water partition coefficient (Wildman–Crippen LogP) is 8.36. The van der Waals surface area contributed by atoms with Crippen LogP contribution in [0.1, 0.15) is 82.1 Å². The second kappa shape index (κ2) is 15.6. The molecular formula is C39H50Cl2N4O4S. The van der Waals surface area contributed by atoms with E-state index in [0.29, 0.717) is 80.2 Å². The molecule has 50 heavy (non-hydrogen) atoms. The molecule has 8 nitrogen and oxygen atoms in total. The van der Waals surface area contributed by atoms with Crippen LogP contribution in [0.3, 0.4) is 0 Å². The molecule has 0 N–H and O–H groups in total. The van der Waals surface area contributed by atoms with Gasteiger partial charge in [0.25, 0.3) is 0 Å². The number of aliphatic imine (C=N–C) groups is 1. The Morgan fingerprint density at radius 1 is 0.880 bits per heavy atom. The van der Waals surface area contributed by atoms with Crippen LogP contribution in [0.2, 0.25) is 10.0 Å². The van der Waals surface area contributed by atoms with Crippen LogP contribution in [0.25, 0.3) is 0 Å². The first-order valence-corrected chi connectivity index (χ1v) is 20.5. The Bertz CT molecular complexity index is 1790. The Morgan fingerprint density at radius 2 is 1.48 bits per heavy atom. The summed E-state index contributed by atoms with van der Waals surface area (Å²) in [6, 6.07) is 21.8. The van der Waals surface area contributed by atoms with E-state index in [-0.39, 0.29) is 17.7 Å². The van der Waals surface area contributed by atoms with Crippen molar-refractivity contribution in [3.63, 3.8) is 0 Å². The molecule has 3 aromatic carbocycles. The Labute approximate surface area is 308 Å². The third kappa shape index (κ3) is 7.43. The first kappa shape index (κ1) is 38.1. The Hall–Kier alpha value is -3.11. The molecular weight excluding hydrogens is 691 g/mol. The van der Waals surface area contributed by atoms with E-state index < -0.39 is 20.9 Å². The molecule has 0 saturated carbocycles. The van der Waals surface area contributed by atoms with Gasteiger partial charge in [-0.15, -0.1) is 0 Å². The topological polar surface area (TPSA) is 82.5 Å². The van der Waals surface area contributed by atoms with Gasteiger partial charge < -0.3 is 9.64 Å². The summed E-state index contributed by atoms with van der Waals surface area (Å²) in [4.78, 5) is 27.2. The summed E-state index contributed by atoms with van der Waals surface area (Å²) >= 11 is 12.9. The Morgan fingerprint density at radius 3 is 2.00 bits per heavy atom. The first-order chi connectivity index (χ1) is 23.8. The van der Waals surface area contributed by atoms with Crippen molar-refractivity contribution in [2.45, 2.75) is 70.9 Å². The molecule has 1 saturated heterocycles. The lowest BCUT2D eigenvalue weighted by Gasteiger charge is -2.50. The van der Waals surface area contributed by atoms with Gasteiger partial charge in [-0.05, 0) is 91.7 Å². The molecule has 2 aliphatic rings. The quantitative estimate of drug-likeness (QED) is 0.186. The van der Waals surface area contributed by atoms with Crippen molar-refractivity contribution in [2.75, 3.05) is 51.3 Å². The van der Waals surface area contributed by atoms with Crippen molar-refractivity contribution in [3.05, 3.63) is 99.0 Å². The van der Waals surface area contributed by atoms with Crippen LogP contribution in [0.15, 0.2) is 71.7 Å². The highest BCUT2D eigenvalue weighted by Crippen LogP contribution is 2.57. The maximum atomic E-state index is 15.4. The second-order valence-corrected chi connectivity index (χ2v) is 16.8. The zero-order chi connectivity index (χ0) is 36.3. The molecule has 0 spiro atoms. The van der Waals surface area contributed by atoms with Crippen molar-refractivity contribution in [1.29, 1.82) is 0 Å². The minimum absolute atomic E-state index is 0.129. The number of carbonyl (C=O) groups excluding carboxylic acids is 1. The maximum absolute atomic E-state index is 15.4. The lowest BCUT2D eigenvalue weighted by atomic mass is 9.65. The molecule has 0 aliphatic carbocycles. The zero-order valence-corrected chi connectivity index (χ0v) is 32.4. The van der Waals surface area contributed by atoms with Crippen LogP contribution in [0.5, 0.6) is 5.75 Å². The number of hydrogen-bond donors (Lipinski definition) is 0. The normalized spacial score (nSPS) is 21.5. The van der Waals surface area contributed by atoms with Gasteiger partial charge in [0, 0.05) is 42.5 Å². The molecule has 2 amide bonds. The average molecular weight is 742 g/mol. The molecule has 1 fully saturated rings. The van der Waals surface area contributed by atoms with Gasteiger partial charge in [-0.25, -0.2) is 13.2 Å². The molecule has 11 heteroatoms. The van der Waals surface area contributed by atoms with E-state index in [1.165, 1.54) is 6.26 Å². The molecule has 0 bridgehead atoms. The highest BCUT2D eigenvalue weighted by molar-refractivity contribution is 7.90. The van der Waals surface area contributed by atoms with Crippen LogP contribution in [0.4, 0.5) is 4.79 Å². The second-order valence-electron chi connectivity index (χ2n) is 13.7. The average Bonchev–Trinajstić information content (AvgIpc) is 3.40. The summed E-state index contributed by atoms with van der Waals surface area (Å²) in [6.07, 6.45) is 3.00. The van der Waals surface area contributed by atoms with Crippen LogP contribution >= 0.6 is 23.2 Å². The largest absolute Gasteiger partial charge is 0.493 e. The van der Waals surface area contributed by atoms with Gasteiger partial charge in [-0.2, -0.15) is 0 Å². The SMILES string of the molecule is CCOc1cc(C(C)C)ccc1C1=N[C@@](CC)(c2ccc(Cl)cc2)[C@@](CC)(c2ccc(Cl)cc2)N1C(=O)N1CCN(CCCS(C)(=O)=O)CC1. The number of carbonyl (C=O) groups is 1. The fourth-order valence-corrected chi connectivity index (χ4v) is 8.59. The van der Waals surface area contributed by atoms with Gasteiger partial charge in [0.15, 0.2) is 0 Å². The number of rotatable bonds is 12. The number of piperazine rings is 1. The fraction of sp³-hybridized carbons (Fsp3) is 0.487. The third-order valence-electron chi connectivity index (χ3n) is 10.3. The van der Waals surface area contributed by atoms with Crippen molar-refractivity contribution >= 4 is 44.9 Å². The molecule has 0 unspecified atom stereocenters. The number of halogens is 2. The monoisotopic (exact) mass is 740 g/mol. The van der Waals surface area contributed by atoms with E-state index >= 15 is 4.79 Å². The summed E-state index contributed by atoms with van der Waals surface area (Å²) in [5, 5.41) is 1.24. The number of hydrogen-bond acceptors (Lipinski definition) is 6. The minimum Gasteiger partial charge on any atom is -0.493 e. The van der Waals surface area contributed by atoms with Crippen LogP contribution in [-0.2, 0) is 20.9 Å². The highest BCUT2D eigenvalue weighted by atomic mass is 35.5. The number of urea groups is 1. The minimum atomic E-state index is -3.03. The van der Waals surface area contributed by atoms with Gasteiger partial charge >= 0.3 is 6.03 Å². The highest BCUT2D eigenvalue weighted by Gasteiger charge is 2.63. The van der Waals surface area contributed by atoms with Gasteiger partial charge in [-0.3, -0.25) is 14.8 Å². The zero-order valence-electron chi connectivity index (χ0n) is 30.1. The van der Waals surface area contributed by atoms with E-state index in [2.05, 4.69) is 50.8 Å². The maximum Gasteiger partial charge on any atom is 0.326 e. The molecule has 3 aromatic rings. The predicted molar refractivity (Wildman–Crippen MR) is 205 cm³/mol. The van der Waals surface area contributed by atoms with E-state index in [1.807, 2.05) is 65.3 Å². The van der Waals surface area contributed by atoms with Crippen molar-refractivity contribution in [1.82, 2.24) is 14.7 Å². The van der Waals surface area contributed by atoms with Gasteiger partial charge in [0.2, 0.25) is 0 Å². The summed E-state index contributed by atoms with van der Waals surface area (Å²) in [6.45, 7) is 14.0. The first-order valence-electron chi connectivity index (χ1n) is 17.7. The summed E-state index contributed by atoms with van der Waals surface area (Å²) in [7, 11) is -3.03. The van der Waals surface area contributed by atoms with Gasteiger partial charge in [-0.1, -0.05) is 81.2 Å². The lowest BCUT2D eigenvalue weighted by molar-refractivity contribution is 0.0680. The molecule has 2 aliphatic heterocycles. The molecule has 5 rings (SSSR count). The van der Waals surface area contributed by atoms with Crippen LogP contribution in [-0.4, -0.2) is 86.3 Å². The van der Waals surface area contributed by atoms with Crippen molar-refractivity contribution in [3.8, 4) is 5.75 Å². The number of sulfone groups is 1. The number of amides is 2.